The highest BCUT2D eigenvalue weighted by Gasteiger charge is 2.03. The molecule has 0 heterocycles. The Morgan fingerprint density at radius 2 is 2.11 bits per heavy atom. The van der Waals surface area contributed by atoms with Crippen molar-refractivity contribution < 1.29 is 9.53 Å². The molecule has 5 heteroatoms. The Morgan fingerprint density at radius 1 is 1.37 bits per heavy atom. The minimum absolute atomic E-state index is 0.199. The Morgan fingerprint density at radius 3 is 2.79 bits per heavy atom. The zero-order valence-corrected chi connectivity index (χ0v) is 12.4. The van der Waals surface area contributed by atoms with Gasteiger partial charge < -0.3 is 15.4 Å². The number of aryl methyl sites for hydroxylation is 1. The molecule has 0 saturated carbocycles. The first-order chi connectivity index (χ1) is 9.04. The molecule has 0 aliphatic heterocycles. The summed E-state index contributed by atoms with van der Waals surface area (Å²) < 4.78 is 4.57. The van der Waals surface area contributed by atoms with Gasteiger partial charge in [0, 0.05) is 18.7 Å². The van der Waals surface area contributed by atoms with E-state index in [-0.39, 0.29) is 5.97 Å². The van der Waals surface area contributed by atoms with E-state index in [4.69, 9.17) is 12.2 Å². The van der Waals surface area contributed by atoms with Gasteiger partial charge in [-0.3, -0.25) is 4.79 Å². The third kappa shape index (κ3) is 5.26. The molecule has 0 saturated heterocycles. The fourth-order valence-corrected chi connectivity index (χ4v) is 1.80. The first-order valence-electron chi connectivity index (χ1n) is 6.22. The molecule has 1 aromatic rings. The van der Waals surface area contributed by atoms with E-state index in [1.54, 1.807) is 0 Å². The molecule has 0 unspecified atom stereocenters. The Kier molecular flexibility index (Phi) is 6.29. The number of nitrogens with one attached hydrogen (secondary N) is 2. The Bertz CT molecular complexity index is 461. The van der Waals surface area contributed by atoms with Crippen LogP contribution in [0.1, 0.15) is 24.0 Å². The largest absolute Gasteiger partial charge is 0.469 e. The van der Waals surface area contributed by atoms with Gasteiger partial charge in [0.15, 0.2) is 5.11 Å². The third-order valence-electron chi connectivity index (χ3n) is 2.92. The summed E-state index contributed by atoms with van der Waals surface area (Å²) in [5.74, 6) is -0.199. The number of methoxy groups -OCH3 is 1. The van der Waals surface area contributed by atoms with E-state index in [9.17, 15) is 4.79 Å². The number of hydrogen-bond donors (Lipinski definition) is 2. The number of carbonyl (C=O) groups excluding carboxylic acids is 1. The highest BCUT2D eigenvalue weighted by molar-refractivity contribution is 7.80. The van der Waals surface area contributed by atoms with Crippen molar-refractivity contribution in [2.24, 2.45) is 0 Å². The molecule has 0 radical (unpaired) electrons. The molecule has 1 rings (SSSR count). The van der Waals surface area contributed by atoms with Crippen LogP contribution in [0, 0.1) is 13.8 Å². The second-order valence-corrected chi connectivity index (χ2v) is 4.72. The van der Waals surface area contributed by atoms with Crippen LogP contribution in [0.2, 0.25) is 0 Å². The van der Waals surface area contributed by atoms with E-state index in [0.717, 1.165) is 5.69 Å². The van der Waals surface area contributed by atoms with Gasteiger partial charge in [-0.15, -0.1) is 0 Å². The number of hydrogen-bond acceptors (Lipinski definition) is 3. The number of esters is 1. The summed E-state index contributed by atoms with van der Waals surface area (Å²) in [7, 11) is 1.39. The van der Waals surface area contributed by atoms with Crippen LogP contribution >= 0.6 is 12.2 Å². The summed E-state index contributed by atoms with van der Waals surface area (Å²) in [6.07, 6.45) is 1.09. The number of rotatable bonds is 5. The van der Waals surface area contributed by atoms with Crippen molar-refractivity contribution in [3.8, 4) is 0 Å². The van der Waals surface area contributed by atoms with Crippen molar-refractivity contribution in [1.29, 1.82) is 0 Å². The summed E-state index contributed by atoms with van der Waals surface area (Å²) in [5.41, 5.74) is 3.41. The van der Waals surface area contributed by atoms with Crippen molar-refractivity contribution in [2.75, 3.05) is 19.0 Å². The average molecular weight is 280 g/mol. The zero-order valence-electron chi connectivity index (χ0n) is 11.6. The maximum Gasteiger partial charge on any atom is 0.305 e. The van der Waals surface area contributed by atoms with Crippen molar-refractivity contribution in [3.05, 3.63) is 29.3 Å². The molecule has 2 N–H and O–H groups in total. The van der Waals surface area contributed by atoms with Crippen LogP contribution in [0.3, 0.4) is 0 Å². The van der Waals surface area contributed by atoms with Crippen LogP contribution < -0.4 is 10.6 Å². The summed E-state index contributed by atoms with van der Waals surface area (Å²) in [6, 6.07) is 6.04. The van der Waals surface area contributed by atoms with Gasteiger partial charge in [-0.05, 0) is 49.7 Å². The van der Waals surface area contributed by atoms with E-state index < -0.39 is 0 Å². The first kappa shape index (κ1) is 15.4. The van der Waals surface area contributed by atoms with Gasteiger partial charge in [0.2, 0.25) is 0 Å². The number of anilines is 1. The van der Waals surface area contributed by atoms with Crippen molar-refractivity contribution in [1.82, 2.24) is 5.32 Å². The Hall–Kier alpha value is -1.62. The van der Waals surface area contributed by atoms with Gasteiger partial charge in [0.25, 0.3) is 0 Å². The molecule has 1 aromatic carbocycles. The molecule has 0 aliphatic carbocycles. The van der Waals surface area contributed by atoms with E-state index in [0.29, 0.717) is 24.5 Å². The third-order valence-corrected chi connectivity index (χ3v) is 3.17. The summed E-state index contributed by atoms with van der Waals surface area (Å²) in [5, 5.41) is 6.80. The first-order valence-corrected chi connectivity index (χ1v) is 6.63. The number of benzene rings is 1. The Balaban J connectivity index is 2.35. The molecule has 104 valence electrons. The number of carbonyl (C=O) groups is 1. The molecule has 0 aliphatic rings. The normalized spacial score (nSPS) is 9.84. The van der Waals surface area contributed by atoms with Crippen LogP contribution in [0.15, 0.2) is 18.2 Å². The quantitative estimate of drug-likeness (QED) is 0.493. The van der Waals surface area contributed by atoms with Crippen LogP contribution in [-0.4, -0.2) is 24.7 Å². The molecule has 0 bridgehead atoms. The van der Waals surface area contributed by atoms with Gasteiger partial charge in [0.05, 0.1) is 7.11 Å². The van der Waals surface area contributed by atoms with E-state index in [1.165, 1.54) is 18.2 Å². The molecular weight excluding hydrogens is 260 g/mol. The van der Waals surface area contributed by atoms with Crippen LogP contribution in [0.4, 0.5) is 5.69 Å². The van der Waals surface area contributed by atoms with Crippen molar-refractivity contribution in [3.63, 3.8) is 0 Å². The SMILES string of the molecule is COC(=O)CCCNC(=S)Nc1cccc(C)c1C. The minimum Gasteiger partial charge on any atom is -0.469 e. The molecule has 0 amide bonds. The van der Waals surface area contributed by atoms with Gasteiger partial charge in [0.1, 0.15) is 0 Å². The monoisotopic (exact) mass is 280 g/mol. The molecular formula is C14H20N2O2S. The van der Waals surface area contributed by atoms with E-state index in [2.05, 4.69) is 35.3 Å². The van der Waals surface area contributed by atoms with Crippen LogP contribution in [-0.2, 0) is 9.53 Å². The molecule has 0 aromatic heterocycles. The van der Waals surface area contributed by atoms with Gasteiger partial charge in [-0.2, -0.15) is 0 Å². The smallest absolute Gasteiger partial charge is 0.305 e. The molecule has 0 fully saturated rings. The lowest BCUT2D eigenvalue weighted by Crippen LogP contribution is -2.29. The van der Waals surface area contributed by atoms with Gasteiger partial charge in [-0.1, -0.05) is 12.1 Å². The summed E-state index contributed by atoms with van der Waals surface area (Å²) in [6.45, 7) is 4.76. The summed E-state index contributed by atoms with van der Waals surface area (Å²) in [4.78, 5) is 10.9. The van der Waals surface area contributed by atoms with E-state index in [1.807, 2.05) is 12.1 Å². The maximum absolute atomic E-state index is 10.9. The highest BCUT2D eigenvalue weighted by atomic mass is 32.1. The highest BCUT2D eigenvalue weighted by Crippen LogP contribution is 2.17. The van der Waals surface area contributed by atoms with Crippen LogP contribution in [0.5, 0.6) is 0 Å². The van der Waals surface area contributed by atoms with Crippen LogP contribution in [0.25, 0.3) is 0 Å². The molecule has 0 atom stereocenters. The number of thiocarbonyl (C=S) groups is 1. The standard InChI is InChI=1S/C14H20N2O2S/c1-10-6-4-7-12(11(10)2)16-14(19)15-9-5-8-13(17)18-3/h4,6-7H,5,8-9H2,1-3H3,(H2,15,16,19). The van der Waals surface area contributed by atoms with Gasteiger partial charge >= 0.3 is 5.97 Å². The second-order valence-electron chi connectivity index (χ2n) is 4.31. The minimum atomic E-state index is -0.199. The predicted molar refractivity (Wildman–Crippen MR) is 81.4 cm³/mol. The fourth-order valence-electron chi connectivity index (χ4n) is 1.59. The average Bonchev–Trinajstić information content (AvgIpc) is 2.39. The topological polar surface area (TPSA) is 50.4 Å². The second kappa shape index (κ2) is 7.74. The molecule has 4 nitrogen and oxygen atoms in total. The number of ether oxygens (including phenoxy) is 1. The van der Waals surface area contributed by atoms with Gasteiger partial charge in [-0.25, -0.2) is 0 Å². The van der Waals surface area contributed by atoms with Crippen molar-refractivity contribution >= 4 is 29.0 Å². The fraction of sp³-hybridized carbons (Fsp3) is 0.429. The maximum atomic E-state index is 10.9. The lowest BCUT2D eigenvalue weighted by Gasteiger charge is -2.13. The van der Waals surface area contributed by atoms with Crippen molar-refractivity contribution in [2.45, 2.75) is 26.7 Å². The summed E-state index contributed by atoms with van der Waals surface area (Å²) >= 11 is 5.21. The zero-order chi connectivity index (χ0) is 14.3. The predicted octanol–water partition coefficient (Wildman–Crippen LogP) is 2.54. The van der Waals surface area contributed by atoms with E-state index >= 15 is 0 Å². The lowest BCUT2D eigenvalue weighted by molar-refractivity contribution is -0.140. The molecule has 0 spiro atoms. The lowest BCUT2D eigenvalue weighted by atomic mass is 10.1. The Labute approximate surface area is 119 Å². The molecule has 19 heavy (non-hydrogen) atoms.